The molecule has 0 atom stereocenters. The molecule has 2 aromatic rings. The molecule has 1 amide bonds. The fourth-order valence-corrected chi connectivity index (χ4v) is 4.02. The van der Waals surface area contributed by atoms with Gasteiger partial charge in [0.25, 0.3) is 11.6 Å². The first-order chi connectivity index (χ1) is 14.8. The van der Waals surface area contributed by atoms with Crippen LogP contribution in [0.4, 0.5) is 11.4 Å². The van der Waals surface area contributed by atoms with E-state index in [2.05, 4.69) is 4.99 Å². The number of likely N-dealkylation sites (N-methyl/N-ethyl adjacent to an activating group) is 1. The topological polar surface area (TPSA) is 102 Å². The zero-order valence-electron chi connectivity index (χ0n) is 17.3. The molecular weight excluding hydrogens is 418 g/mol. The van der Waals surface area contributed by atoms with E-state index in [4.69, 9.17) is 4.74 Å². The minimum Gasteiger partial charge on any atom is -0.462 e. The van der Waals surface area contributed by atoms with E-state index in [0.717, 1.165) is 0 Å². The summed E-state index contributed by atoms with van der Waals surface area (Å²) in [5.74, 6) is -0.662. The summed E-state index contributed by atoms with van der Waals surface area (Å²) in [5, 5.41) is 11.7. The van der Waals surface area contributed by atoms with Gasteiger partial charge in [-0.3, -0.25) is 19.8 Å². The number of carbonyl (C=O) groups is 2. The quantitative estimate of drug-likeness (QED) is 0.280. The average molecular weight is 439 g/mol. The molecule has 0 aliphatic carbocycles. The van der Waals surface area contributed by atoms with Crippen molar-refractivity contribution in [3.05, 3.63) is 74.2 Å². The van der Waals surface area contributed by atoms with Gasteiger partial charge in [-0.1, -0.05) is 18.2 Å². The number of ether oxygens (including phenoxy) is 1. The predicted octanol–water partition coefficient (Wildman–Crippen LogP) is 4.70. The Morgan fingerprint density at radius 3 is 2.71 bits per heavy atom. The number of rotatable bonds is 6. The van der Waals surface area contributed by atoms with Crippen molar-refractivity contribution in [3.8, 4) is 0 Å². The third-order valence-corrected chi connectivity index (χ3v) is 5.52. The highest BCUT2D eigenvalue weighted by atomic mass is 32.2. The fourth-order valence-electron chi connectivity index (χ4n) is 2.96. The second kappa shape index (κ2) is 9.57. The Morgan fingerprint density at radius 2 is 2.03 bits per heavy atom. The molecule has 0 spiro atoms. The summed E-state index contributed by atoms with van der Waals surface area (Å²) >= 11 is 1.19. The van der Waals surface area contributed by atoms with Gasteiger partial charge in [0.15, 0.2) is 5.17 Å². The van der Waals surface area contributed by atoms with Gasteiger partial charge >= 0.3 is 5.97 Å². The molecule has 160 valence electrons. The van der Waals surface area contributed by atoms with Gasteiger partial charge in [-0.15, -0.1) is 0 Å². The number of amidine groups is 1. The molecule has 0 bridgehead atoms. The Balaban J connectivity index is 1.93. The number of aliphatic imine (C=N–C) groups is 1. The van der Waals surface area contributed by atoms with E-state index in [1.165, 1.54) is 22.7 Å². The molecule has 8 nitrogen and oxygen atoms in total. The lowest BCUT2D eigenvalue weighted by atomic mass is 10.1. The van der Waals surface area contributed by atoms with E-state index >= 15 is 0 Å². The Bertz CT molecular complexity index is 1110. The van der Waals surface area contributed by atoms with Gasteiger partial charge in [-0.25, -0.2) is 9.79 Å². The third-order valence-electron chi connectivity index (χ3n) is 4.51. The maximum atomic E-state index is 12.8. The van der Waals surface area contributed by atoms with Gasteiger partial charge in [-0.2, -0.15) is 0 Å². The van der Waals surface area contributed by atoms with Crippen LogP contribution >= 0.6 is 11.8 Å². The number of aryl methyl sites for hydroxylation is 1. The lowest BCUT2D eigenvalue weighted by Crippen LogP contribution is -2.28. The first-order valence-electron chi connectivity index (χ1n) is 9.66. The van der Waals surface area contributed by atoms with E-state index < -0.39 is 10.9 Å². The molecule has 3 rings (SSSR count). The van der Waals surface area contributed by atoms with Gasteiger partial charge in [-0.05, 0) is 62.4 Å². The molecule has 1 aliphatic heterocycles. The maximum absolute atomic E-state index is 12.8. The molecule has 0 aromatic heterocycles. The summed E-state index contributed by atoms with van der Waals surface area (Å²) in [4.78, 5) is 42.0. The molecular formula is C22H21N3O5S. The number of hydrogen-bond acceptors (Lipinski definition) is 7. The minimum atomic E-state index is -0.442. The Labute approximate surface area is 183 Å². The Hall–Kier alpha value is -3.46. The van der Waals surface area contributed by atoms with Crippen LogP contribution in [-0.2, 0) is 9.53 Å². The van der Waals surface area contributed by atoms with Crippen LogP contribution in [0.15, 0.2) is 52.4 Å². The molecule has 0 N–H and O–H groups in total. The van der Waals surface area contributed by atoms with Gasteiger partial charge in [0.1, 0.15) is 0 Å². The van der Waals surface area contributed by atoms with E-state index in [1.54, 1.807) is 56.3 Å². The van der Waals surface area contributed by atoms with Crippen LogP contribution in [0.25, 0.3) is 6.08 Å². The number of nitro groups is 1. The van der Waals surface area contributed by atoms with Crippen molar-refractivity contribution in [1.82, 2.24) is 4.90 Å². The summed E-state index contributed by atoms with van der Waals surface area (Å²) in [5.41, 5.74) is 2.02. The van der Waals surface area contributed by atoms with E-state index in [1.807, 2.05) is 6.92 Å². The molecule has 0 saturated carbocycles. The van der Waals surface area contributed by atoms with Gasteiger partial charge in [0.05, 0.1) is 27.7 Å². The minimum absolute atomic E-state index is 0.00168. The standard InChI is InChI=1S/C22H21N3O5S/c1-4-24-20(26)19(12-15-10-9-14(3)18(11-15)25(28)29)31-22(24)23-17-8-6-7-16(13-17)21(27)30-5-2/h6-13H,4-5H2,1-3H3. The molecule has 1 aliphatic rings. The van der Waals surface area contributed by atoms with Crippen LogP contribution in [0.3, 0.4) is 0 Å². The first-order valence-corrected chi connectivity index (χ1v) is 10.5. The number of nitro benzene ring substituents is 1. The van der Waals surface area contributed by atoms with Crippen molar-refractivity contribution < 1.29 is 19.2 Å². The number of hydrogen-bond donors (Lipinski definition) is 0. The van der Waals surface area contributed by atoms with Crippen molar-refractivity contribution in [1.29, 1.82) is 0 Å². The van der Waals surface area contributed by atoms with Gasteiger partial charge in [0.2, 0.25) is 0 Å². The van der Waals surface area contributed by atoms with Crippen LogP contribution in [-0.4, -0.2) is 40.0 Å². The number of thioether (sulfide) groups is 1. The largest absolute Gasteiger partial charge is 0.462 e. The highest BCUT2D eigenvalue weighted by molar-refractivity contribution is 8.18. The Morgan fingerprint density at radius 1 is 1.26 bits per heavy atom. The molecule has 2 aromatic carbocycles. The van der Waals surface area contributed by atoms with E-state index in [-0.39, 0.29) is 18.2 Å². The molecule has 1 saturated heterocycles. The lowest BCUT2D eigenvalue weighted by Gasteiger charge is -2.12. The maximum Gasteiger partial charge on any atom is 0.338 e. The monoisotopic (exact) mass is 439 g/mol. The molecule has 0 unspecified atom stereocenters. The van der Waals surface area contributed by atoms with Crippen LogP contribution in [0.2, 0.25) is 0 Å². The van der Waals surface area contributed by atoms with Crippen molar-refractivity contribution in [2.45, 2.75) is 20.8 Å². The second-order valence-electron chi connectivity index (χ2n) is 6.63. The predicted molar refractivity (Wildman–Crippen MR) is 120 cm³/mol. The smallest absolute Gasteiger partial charge is 0.338 e. The van der Waals surface area contributed by atoms with E-state index in [9.17, 15) is 19.7 Å². The fraction of sp³-hybridized carbons (Fsp3) is 0.227. The molecule has 0 radical (unpaired) electrons. The van der Waals surface area contributed by atoms with Gasteiger partial charge < -0.3 is 4.74 Å². The normalized spacial score (nSPS) is 16.2. The van der Waals surface area contributed by atoms with Crippen LogP contribution < -0.4 is 0 Å². The SMILES string of the molecule is CCOC(=O)c1cccc(N=C2SC(=Cc3ccc(C)c([N+](=O)[O-])c3)C(=O)N2CC)c1. The summed E-state index contributed by atoms with van der Waals surface area (Å²) < 4.78 is 5.02. The first kappa shape index (κ1) is 22.2. The van der Waals surface area contributed by atoms with Crippen molar-refractivity contribution in [2.24, 2.45) is 4.99 Å². The van der Waals surface area contributed by atoms with Crippen LogP contribution in [0, 0.1) is 17.0 Å². The highest BCUT2D eigenvalue weighted by Crippen LogP contribution is 2.34. The average Bonchev–Trinajstić information content (AvgIpc) is 3.03. The summed E-state index contributed by atoms with van der Waals surface area (Å²) in [6, 6.07) is 11.5. The number of esters is 1. The third kappa shape index (κ3) is 5.00. The molecule has 9 heteroatoms. The number of nitrogens with zero attached hydrogens (tertiary/aromatic N) is 3. The molecule has 1 heterocycles. The van der Waals surface area contributed by atoms with Crippen molar-refractivity contribution >= 4 is 46.3 Å². The number of benzene rings is 2. The number of carbonyl (C=O) groups excluding carboxylic acids is 2. The van der Waals surface area contributed by atoms with Crippen LogP contribution in [0.1, 0.15) is 35.3 Å². The lowest BCUT2D eigenvalue weighted by molar-refractivity contribution is -0.385. The molecule has 31 heavy (non-hydrogen) atoms. The summed E-state index contributed by atoms with van der Waals surface area (Å²) in [6.45, 7) is 5.92. The van der Waals surface area contributed by atoms with E-state index in [0.29, 0.717) is 39.0 Å². The van der Waals surface area contributed by atoms with Crippen LogP contribution in [0.5, 0.6) is 0 Å². The highest BCUT2D eigenvalue weighted by Gasteiger charge is 2.32. The summed E-state index contributed by atoms with van der Waals surface area (Å²) in [6.07, 6.45) is 1.62. The van der Waals surface area contributed by atoms with Gasteiger partial charge in [0, 0.05) is 18.2 Å². The second-order valence-corrected chi connectivity index (χ2v) is 7.64. The molecule has 1 fully saturated rings. The zero-order valence-corrected chi connectivity index (χ0v) is 18.1. The number of amides is 1. The Kier molecular flexibility index (Phi) is 6.86. The zero-order chi connectivity index (χ0) is 22.5. The van der Waals surface area contributed by atoms with Crippen molar-refractivity contribution in [3.63, 3.8) is 0 Å². The van der Waals surface area contributed by atoms with Crippen molar-refractivity contribution in [2.75, 3.05) is 13.2 Å². The summed E-state index contributed by atoms with van der Waals surface area (Å²) in [7, 11) is 0.